The quantitative estimate of drug-likeness (QED) is 0.450. The van der Waals surface area contributed by atoms with E-state index in [2.05, 4.69) is 52.4 Å². The fourth-order valence-corrected chi connectivity index (χ4v) is 14.9. The van der Waals surface area contributed by atoms with Crippen molar-refractivity contribution in [3.05, 3.63) is 23.0 Å². The number of rotatable bonds is 0. The largest absolute Gasteiger partial charge is 0.125 e. The van der Waals surface area contributed by atoms with Crippen LogP contribution in [-0.2, 0) is 0 Å². The van der Waals surface area contributed by atoms with Crippen LogP contribution in [0.5, 0.6) is 0 Å². The molecule has 3 heterocycles. The summed E-state index contributed by atoms with van der Waals surface area (Å²) in [4.78, 5) is 0. The van der Waals surface area contributed by atoms with E-state index in [1.54, 1.807) is 11.1 Å². The lowest BCUT2D eigenvalue weighted by Crippen LogP contribution is -2.29. The van der Waals surface area contributed by atoms with Gasteiger partial charge in [-0.15, -0.1) is 0 Å². The molecule has 4 atom stereocenters. The molecule has 2 bridgehead atoms. The molecule has 2 heteroatoms. The molecule has 88 valence electrons. The zero-order chi connectivity index (χ0) is 11.9. The van der Waals surface area contributed by atoms with E-state index in [-0.39, 0.29) is 0 Å². The fourth-order valence-electron chi connectivity index (χ4n) is 4.88. The maximum atomic E-state index is 2.67. The summed E-state index contributed by atoms with van der Waals surface area (Å²) in [6.45, 7) is 15.1. The van der Waals surface area contributed by atoms with Crippen LogP contribution < -0.4 is 0 Å². The monoisotopic (exact) mass is 254 g/mol. The molecule has 16 heavy (non-hydrogen) atoms. The van der Waals surface area contributed by atoms with Crippen molar-refractivity contribution in [1.29, 1.82) is 0 Å². The third-order valence-corrected chi connectivity index (χ3v) is 12.9. The molecule has 0 saturated carbocycles. The van der Waals surface area contributed by atoms with Crippen molar-refractivity contribution in [1.82, 2.24) is 0 Å². The number of hydrogen-bond acceptors (Lipinski definition) is 0. The molecule has 0 nitrogen and oxygen atoms in total. The van der Waals surface area contributed by atoms with E-state index >= 15 is 0 Å². The van der Waals surface area contributed by atoms with Gasteiger partial charge in [-0.1, -0.05) is 0 Å². The van der Waals surface area contributed by atoms with Crippen molar-refractivity contribution in [2.24, 2.45) is 5.92 Å². The van der Waals surface area contributed by atoms with Gasteiger partial charge in [0, 0.05) is 27.9 Å². The Hall–Kier alpha value is 0.340. The molecule has 3 rings (SSSR count). The summed E-state index contributed by atoms with van der Waals surface area (Å²) < 4.78 is 0. The lowest BCUT2D eigenvalue weighted by atomic mass is 9.85. The van der Waals surface area contributed by atoms with Gasteiger partial charge in [0.2, 0.25) is 0 Å². The first-order chi connectivity index (χ1) is 7.27. The minimum atomic E-state index is -0.781. The van der Waals surface area contributed by atoms with E-state index in [9.17, 15) is 0 Å². The first kappa shape index (κ1) is 11.4. The lowest BCUT2D eigenvalue weighted by molar-refractivity contribution is 0.608. The highest BCUT2D eigenvalue weighted by atomic mass is 31.2. The molecular weight excluding hydrogens is 230 g/mol. The smallest absolute Gasteiger partial charge is 0.0399 e. The number of fused-ring (bicyclic) bond motifs is 5. The van der Waals surface area contributed by atoms with Crippen LogP contribution in [0.2, 0.25) is 0 Å². The number of hydrogen-bond donors (Lipinski definition) is 0. The number of allylic oxidation sites excluding steroid dienone is 3. The molecule has 0 aromatic carbocycles. The zero-order valence-electron chi connectivity index (χ0n) is 11.4. The Morgan fingerprint density at radius 3 is 2.25 bits per heavy atom. The first-order valence-electron chi connectivity index (χ1n) is 6.31. The summed E-state index contributed by atoms with van der Waals surface area (Å²) >= 11 is 0. The van der Waals surface area contributed by atoms with Crippen LogP contribution in [0.25, 0.3) is 0 Å². The summed E-state index contributed by atoms with van der Waals surface area (Å²) in [5.41, 5.74) is 6.38. The minimum absolute atomic E-state index is 0.721. The molecule has 0 amide bonds. The Labute approximate surface area is 101 Å². The van der Waals surface area contributed by atoms with Crippen molar-refractivity contribution >= 4 is 14.5 Å². The predicted octanol–water partition coefficient (Wildman–Crippen LogP) is 4.15. The summed E-state index contributed by atoms with van der Waals surface area (Å²) in [5.74, 6) is 3.61. The van der Waals surface area contributed by atoms with Gasteiger partial charge in [-0.2, -0.15) is 0 Å². The van der Waals surface area contributed by atoms with Crippen molar-refractivity contribution in [3.63, 3.8) is 0 Å². The molecule has 0 aromatic heterocycles. The Morgan fingerprint density at radius 2 is 1.62 bits per heavy atom. The highest BCUT2D eigenvalue weighted by Gasteiger charge is 2.72. The van der Waals surface area contributed by atoms with E-state index in [0.717, 1.165) is 22.9 Å². The highest BCUT2D eigenvalue weighted by Crippen LogP contribution is 2.85. The average molecular weight is 254 g/mol. The summed E-state index contributed by atoms with van der Waals surface area (Å²) in [6, 6.07) is 0. The molecule has 0 aromatic rings. The van der Waals surface area contributed by atoms with Crippen LogP contribution in [0.4, 0.5) is 0 Å². The van der Waals surface area contributed by atoms with E-state index in [1.165, 1.54) is 0 Å². The second-order valence-corrected chi connectivity index (χ2v) is 15.5. The van der Waals surface area contributed by atoms with E-state index in [1.807, 2.05) is 0 Å². The van der Waals surface area contributed by atoms with Crippen LogP contribution >= 0.6 is 14.5 Å². The molecule has 3 aliphatic heterocycles. The minimum Gasteiger partial charge on any atom is -0.0399 e. The molecule has 0 spiro atoms. The molecule has 0 N–H and O–H groups in total. The molecule has 0 unspecified atom stereocenters. The Kier molecular flexibility index (Phi) is 2.15. The van der Waals surface area contributed by atoms with Gasteiger partial charge >= 0.3 is 0 Å². The summed E-state index contributed by atoms with van der Waals surface area (Å²) in [7, 11) is -1.50. The maximum absolute atomic E-state index is 2.67. The van der Waals surface area contributed by atoms with Crippen molar-refractivity contribution < 1.29 is 0 Å². The average Bonchev–Trinajstić information content (AvgIpc) is 2.56. The third-order valence-electron chi connectivity index (χ3n) is 5.27. The van der Waals surface area contributed by atoms with Gasteiger partial charge in [-0.25, -0.2) is 0 Å². The Morgan fingerprint density at radius 1 is 1.00 bits per heavy atom. The fraction of sp³-hybridized carbons (Fsp3) is 0.714. The van der Waals surface area contributed by atoms with Gasteiger partial charge in [0.15, 0.2) is 0 Å². The molecule has 0 aliphatic carbocycles. The van der Waals surface area contributed by atoms with E-state index < -0.39 is 14.5 Å². The Bertz CT molecular complexity index is 414. The maximum Gasteiger partial charge on any atom is 0.125 e. The third kappa shape index (κ3) is 1.14. The van der Waals surface area contributed by atoms with Gasteiger partial charge < -0.3 is 0 Å². The lowest BCUT2D eigenvalue weighted by Gasteiger charge is -2.24. The molecule has 0 radical (unpaired) electrons. The topological polar surface area (TPSA) is 0 Å². The van der Waals surface area contributed by atoms with Gasteiger partial charge in [0.1, 0.15) is 17.0 Å². The molecular formula is C14H24P2+2. The normalized spacial score (nSPS) is 46.6. The van der Waals surface area contributed by atoms with Gasteiger partial charge in [-0.3, -0.25) is 0 Å². The van der Waals surface area contributed by atoms with Crippen LogP contribution in [-0.4, -0.2) is 43.6 Å². The Balaban J connectivity index is 2.15. The second kappa shape index (κ2) is 3.02. The van der Waals surface area contributed by atoms with Crippen molar-refractivity contribution in [3.8, 4) is 0 Å². The van der Waals surface area contributed by atoms with Crippen molar-refractivity contribution in [2.45, 2.75) is 30.8 Å². The molecule has 3 aliphatic rings. The summed E-state index contributed by atoms with van der Waals surface area (Å²) in [6.07, 6.45) is 2.66. The van der Waals surface area contributed by atoms with Crippen LogP contribution in [0.3, 0.4) is 0 Å². The molecule has 1 saturated heterocycles. The van der Waals surface area contributed by atoms with Crippen LogP contribution in [0, 0.1) is 5.92 Å². The first-order valence-corrected chi connectivity index (χ1v) is 12.0. The second-order valence-electron chi connectivity index (χ2n) is 6.99. The zero-order valence-corrected chi connectivity index (χ0v) is 13.1. The van der Waals surface area contributed by atoms with Crippen LogP contribution in [0.15, 0.2) is 23.0 Å². The van der Waals surface area contributed by atoms with Crippen molar-refractivity contribution in [2.75, 3.05) is 26.7 Å². The van der Waals surface area contributed by atoms with Gasteiger partial charge in [0.25, 0.3) is 0 Å². The predicted molar refractivity (Wildman–Crippen MR) is 79.9 cm³/mol. The van der Waals surface area contributed by atoms with E-state index in [0.29, 0.717) is 0 Å². The molecule has 1 fully saturated rings. The highest BCUT2D eigenvalue weighted by molar-refractivity contribution is 7.82. The van der Waals surface area contributed by atoms with Gasteiger partial charge in [0.05, 0.1) is 25.1 Å². The summed E-state index contributed by atoms with van der Waals surface area (Å²) in [5, 5.41) is 0. The van der Waals surface area contributed by atoms with Crippen LogP contribution in [0.1, 0.15) is 13.8 Å². The van der Waals surface area contributed by atoms with Gasteiger partial charge in [-0.05, 0) is 31.1 Å². The van der Waals surface area contributed by atoms with E-state index in [4.69, 9.17) is 0 Å². The SMILES string of the molecule is CC1=C[P+](C)(C)[C@H]2[C@@H]1[C@H]1C(C)=C[C@@H]2[P+]1(C)C. The standard InChI is InChI=1S/C14H24P2/c1-9-7-11-14-12(13(9)16(11,5)6)10(2)8-15(14,3)4/h7-8,11-14H,1-6H3/q+2/t11-,12-,13+,14+/m0/s1.